The summed E-state index contributed by atoms with van der Waals surface area (Å²) in [4.78, 5) is 7.03. The van der Waals surface area contributed by atoms with E-state index in [1.54, 1.807) is 0 Å². The van der Waals surface area contributed by atoms with Crippen LogP contribution < -0.4 is 5.73 Å². The molecular formula is C13H22N4O. The summed E-state index contributed by atoms with van der Waals surface area (Å²) < 4.78 is 5.29. The highest BCUT2D eigenvalue weighted by molar-refractivity contribution is 5.06. The number of fused-ring (bicyclic) bond motifs is 2. The molecule has 0 amide bonds. The van der Waals surface area contributed by atoms with Crippen molar-refractivity contribution >= 4 is 0 Å². The van der Waals surface area contributed by atoms with Crippen LogP contribution in [0.25, 0.3) is 0 Å². The summed E-state index contributed by atoms with van der Waals surface area (Å²) in [6.45, 7) is 2.03. The Labute approximate surface area is 108 Å². The lowest BCUT2D eigenvalue weighted by Crippen LogP contribution is -2.39. The van der Waals surface area contributed by atoms with Gasteiger partial charge in [0.1, 0.15) is 0 Å². The first-order valence-electron chi connectivity index (χ1n) is 7.00. The third kappa shape index (κ3) is 1.95. The van der Waals surface area contributed by atoms with Crippen molar-refractivity contribution in [3.63, 3.8) is 0 Å². The number of nitrogens with two attached hydrogens (primary N) is 1. The van der Waals surface area contributed by atoms with E-state index in [2.05, 4.69) is 22.1 Å². The number of hydrogen-bond donors (Lipinski definition) is 1. The van der Waals surface area contributed by atoms with Gasteiger partial charge in [-0.15, -0.1) is 0 Å². The zero-order valence-corrected chi connectivity index (χ0v) is 11.2. The minimum absolute atomic E-state index is 0.116. The van der Waals surface area contributed by atoms with Crippen molar-refractivity contribution < 1.29 is 4.52 Å². The van der Waals surface area contributed by atoms with E-state index in [9.17, 15) is 0 Å². The molecule has 3 atom stereocenters. The van der Waals surface area contributed by atoms with Crippen LogP contribution in [-0.4, -0.2) is 34.2 Å². The van der Waals surface area contributed by atoms with Crippen LogP contribution in [0.5, 0.6) is 0 Å². The van der Waals surface area contributed by atoms with Crippen molar-refractivity contribution in [3.8, 4) is 0 Å². The minimum atomic E-state index is -0.116. The smallest absolute Gasteiger partial charge is 0.243 e. The molecule has 100 valence electrons. The summed E-state index contributed by atoms with van der Waals surface area (Å²) in [7, 11) is 2.24. The van der Waals surface area contributed by atoms with Crippen molar-refractivity contribution in [1.82, 2.24) is 15.0 Å². The molecule has 3 heterocycles. The lowest BCUT2D eigenvalue weighted by Gasteiger charge is -2.34. The summed E-state index contributed by atoms with van der Waals surface area (Å²) in [6.07, 6.45) is 5.79. The van der Waals surface area contributed by atoms with Gasteiger partial charge in [-0.1, -0.05) is 12.1 Å². The predicted molar refractivity (Wildman–Crippen MR) is 68.1 cm³/mol. The Kier molecular flexibility index (Phi) is 3.11. The Morgan fingerprint density at radius 1 is 1.39 bits per heavy atom. The number of aromatic nitrogens is 2. The van der Waals surface area contributed by atoms with Gasteiger partial charge < -0.3 is 15.2 Å². The first-order valence-corrected chi connectivity index (χ1v) is 7.00. The molecule has 5 nitrogen and oxygen atoms in total. The second kappa shape index (κ2) is 4.63. The molecule has 1 aromatic rings. The molecule has 2 aliphatic heterocycles. The van der Waals surface area contributed by atoms with Crippen LogP contribution in [-0.2, 0) is 0 Å². The van der Waals surface area contributed by atoms with E-state index < -0.39 is 0 Å². The molecule has 2 unspecified atom stereocenters. The van der Waals surface area contributed by atoms with Crippen molar-refractivity contribution in [1.29, 1.82) is 0 Å². The molecule has 2 N–H and O–H groups in total. The van der Waals surface area contributed by atoms with Gasteiger partial charge in [0.05, 0.1) is 6.04 Å². The van der Waals surface area contributed by atoms with Gasteiger partial charge in [-0.25, -0.2) is 0 Å². The molecule has 0 spiro atoms. The van der Waals surface area contributed by atoms with E-state index in [4.69, 9.17) is 10.3 Å². The van der Waals surface area contributed by atoms with E-state index in [1.807, 2.05) is 6.92 Å². The van der Waals surface area contributed by atoms with Gasteiger partial charge >= 0.3 is 0 Å². The zero-order valence-electron chi connectivity index (χ0n) is 11.2. The lowest BCUT2D eigenvalue weighted by atomic mass is 9.90. The van der Waals surface area contributed by atoms with E-state index in [-0.39, 0.29) is 6.04 Å². The van der Waals surface area contributed by atoms with Crippen LogP contribution >= 0.6 is 0 Å². The van der Waals surface area contributed by atoms with Gasteiger partial charge in [-0.3, -0.25) is 0 Å². The summed E-state index contributed by atoms with van der Waals surface area (Å²) in [5.41, 5.74) is 5.92. The maximum absolute atomic E-state index is 5.92. The number of piperidine rings is 1. The molecule has 1 aromatic heterocycles. The fourth-order valence-corrected chi connectivity index (χ4v) is 3.36. The topological polar surface area (TPSA) is 68.2 Å². The van der Waals surface area contributed by atoms with E-state index in [1.165, 1.54) is 12.8 Å². The minimum Gasteiger partial charge on any atom is -0.338 e. The first-order chi connectivity index (χ1) is 8.69. The van der Waals surface area contributed by atoms with Gasteiger partial charge in [0.15, 0.2) is 5.82 Å². The third-order valence-electron chi connectivity index (χ3n) is 4.68. The standard InChI is InChI=1S/C13H22N4O/c1-3-11(14)13-15-12(16-18-13)8-6-9-4-5-10(7-8)17(9)2/h8-11H,3-7,14H2,1-2H3/t8?,9?,10?,11-/m1/s1. The molecule has 0 radical (unpaired) electrons. The lowest BCUT2D eigenvalue weighted by molar-refractivity contribution is 0.157. The largest absolute Gasteiger partial charge is 0.338 e. The van der Waals surface area contributed by atoms with Gasteiger partial charge in [-0.05, 0) is 39.2 Å². The quantitative estimate of drug-likeness (QED) is 0.886. The molecule has 2 fully saturated rings. The summed E-state index contributed by atoms with van der Waals surface area (Å²) >= 11 is 0. The van der Waals surface area contributed by atoms with Crippen molar-refractivity contribution in [2.24, 2.45) is 5.73 Å². The predicted octanol–water partition coefficient (Wildman–Crippen LogP) is 1.82. The average Bonchev–Trinajstić information content (AvgIpc) is 2.92. The summed E-state index contributed by atoms with van der Waals surface area (Å²) in [6, 6.07) is 1.29. The van der Waals surface area contributed by atoms with Crippen LogP contribution in [0.3, 0.4) is 0 Å². The van der Waals surface area contributed by atoms with Crippen LogP contribution in [0.1, 0.15) is 62.7 Å². The van der Waals surface area contributed by atoms with E-state index >= 15 is 0 Å². The molecule has 18 heavy (non-hydrogen) atoms. The second-order valence-electron chi connectivity index (χ2n) is 5.72. The van der Waals surface area contributed by atoms with Gasteiger partial charge in [0, 0.05) is 18.0 Å². The van der Waals surface area contributed by atoms with E-state index in [0.29, 0.717) is 23.9 Å². The second-order valence-corrected chi connectivity index (χ2v) is 5.72. The normalized spacial score (nSPS) is 33.8. The van der Waals surface area contributed by atoms with Crippen LogP contribution in [0.15, 0.2) is 4.52 Å². The molecular weight excluding hydrogens is 228 g/mol. The summed E-state index contributed by atoms with van der Waals surface area (Å²) in [5, 5.41) is 4.15. The molecule has 3 rings (SSSR count). The Morgan fingerprint density at radius 3 is 2.67 bits per heavy atom. The molecule has 2 bridgehead atoms. The summed E-state index contributed by atoms with van der Waals surface area (Å²) in [5.74, 6) is 1.93. The zero-order chi connectivity index (χ0) is 12.7. The fraction of sp³-hybridized carbons (Fsp3) is 0.846. The fourth-order valence-electron chi connectivity index (χ4n) is 3.36. The third-order valence-corrected chi connectivity index (χ3v) is 4.68. The highest BCUT2D eigenvalue weighted by Gasteiger charge is 2.40. The van der Waals surface area contributed by atoms with Crippen LogP contribution in [0.4, 0.5) is 0 Å². The maximum atomic E-state index is 5.92. The molecule has 5 heteroatoms. The molecule has 0 aliphatic carbocycles. The molecule has 2 aliphatic rings. The maximum Gasteiger partial charge on any atom is 0.243 e. The average molecular weight is 250 g/mol. The van der Waals surface area contributed by atoms with Gasteiger partial charge in [0.2, 0.25) is 5.89 Å². The van der Waals surface area contributed by atoms with Crippen molar-refractivity contribution in [2.75, 3.05) is 7.05 Å². The monoisotopic (exact) mass is 250 g/mol. The molecule has 2 saturated heterocycles. The highest BCUT2D eigenvalue weighted by Crippen LogP contribution is 2.41. The van der Waals surface area contributed by atoms with Gasteiger partial charge in [-0.2, -0.15) is 4.98 Å². The molecule has 0 aromatic carbocycles. The Hall–Kier alpha value is -0.940. The number of rotatable bonds is 3. The Bertz CT molecular complexity index is 405. The Morgan fingerprint density at radius 2 is 2.06 bits per heavy atom. The first kappa shape index (κ1) is 12.1. The van der Waals surface area contributed by atoms with Crippen molar-refractivity contribution in [3.05, 3.63) is 11.7 Å². The van der Waals surface area contributed by atoms with Crippen LogP contribution in [0.2, 0.25) is 0 Å². The number of nitrogens with zero attached hydrogens (tertiary/aromatic N) is 3. The van der Waals surface area contributed by atoms with Crippen molar-refractivity contribution in [2.45, 2.75) is 63.1 Å². The Balaban J connectivity index is 1.74. The van der Waals surface area contributed by atoms with Crippen LogP contribution in [0, 0.1) is 0 Å². The number of hydrogen-bond acceptors (Lipinski definition) is 5. The highest BCUT2D eigenvalue weighted by atomic mass is 16.5. The SMILES string of the molecule is CC[C@@H](N)c1nc(C2CC3CCC(C2)N3C)no1. The van der Waals surface area contributed by atoms with Gasteiger partial charge in [0.25, 0.3) is 0 Å². The molecule has 0 saturated carbocycles. The van der Waals surface area contributed by atoms with E-state index in [0.717, 1.165) is 25.1 Å².